The number of carbonyl (C=O) groups excluding carboxylic acids is 1. The molecule has 0 radical (unpaired) electrons. The van der Waals surface area contributed by atoms with E-state index in [4.69, 9.17) is 4.42 Å². The number of oxazole rings is 1. The number of piperidine rings is 1. The summed E-state index contributed by atoms with van der Waals surface area (Å²) >= 11 is 3.38. The Labute approximate surface area is 103 Å². The number of alkyl halides is 1. The Bertz CT molecular complexity index is 378. The van der Waals surface area contributed by atoms with Gasteiger partial charge in [-0.15, -0.1) is 0 Å². The van der Waals surface area contributed by atoms with Crippen LogP contribution >= 0.6 is 15.9 Å². The number of halogens is 1. The van der Waals surface area contributed by atoms with Crippen molar-refractivity contribution in [2.45, 2.75) is 37.6 Å². The van der Waals surface area contributed by atoms with Crippen molar-refractivity contribution in [3.8, 4) is 0 Å². The molecule has 0 spiro atoms. The van der Waals surface area contributed by atoms with Crippen LogP contribution in [0.15, 0.2) is 10.6 Å². The van der Waals surface area contributed by atoms with Gasteiger partial charge in [0.2, 0.25) is 11.8 Å². The third-order valence-corrected chi connectivity index (χ3v) is 3.59. The monoisotopic (exact) mass is 286 g/mol. The van der Waals surface area contributed by atoms with Crippen LogP contribution in [0.4, 0.5) is 0 Å². The molecule has 0 bridgehead atoms. The van der Waals surface area contributed by atoms with Gasteiger partial charge in [-0.1, -0.05) is 22.9 Å². The first-order valence-corrected chi connectivity index (χ1v) is 6.48. The second kappa shape index (κ2) is 4.99. The zero-order chi connectivity index (χ0) is 11.5. The fourth-order valence-electron chi connectivity index (χ4n) is 1.80. The second-order valence-corrected chi connectivity index (χ2v) is 5.05. The number of aromatic nitrogens is 1. The summed E-state index contributed by atoms with van der Waals surface area (Å²) in [5.41, 5.74) is 0. The second-order valence-electron chi connectivity index (χ2n) is 3.94. The summed E-state index contributed by atoms with van der Waals surface area (Å²) in [6.07, 6.45) is 4.52. The lowest BCUT2D eigenvalue weighted by Gasteiger charge is -2.28. The predicted octanol–water partition coefficient (Wildman–Crippen LogP) is 2.12. The minimum atomic E-state index is -0.0399. The largest absolute Gasteiger partial charge is 0.444 e. The summed E-state index contributed by atoms with van der Waals surface area (Å²) in [5, 5.41) is 0. The van der Waals surface area contributed by atoms with Crippen molar-refractivity contribution in [1.29, 1.82) is 0 Å². The van der Waals surface area contributed by atoms with Crippen molar-refractivity contribution in [1.82, 2.24) is 9.88 Å². The summed E-state index contributed by atoms with van der Waals surface area (Å²) in [6, 6.07) is 0. The highest BCUT2D eigenvalue weighted by atomic mass is 79.9. The Morgan fingerprint density at radius 1 is 1.69 bits per heavy atom. The van der Waals surface area contributed by atoms with Crippen LogP contribution in [0.2, 0.25) is 0 Å². The Morgan fingerprint density at radius 2 is 2.50 bits per heavy atom. The third-order valence-electron chi connectivity index (χ3n) is 2.74. The predicted molar refractivity (Wildman–Crippen MR) is 63.2 cm³/mol. The summed E-state index contributed by atoms with van der Waals surface area (Å²) < 4.78 is 5.50. The van der Waals surface area contributed by atoms with Gasteiger partial charge in [0, 0.05) is 13.0 Å². The molecule has 1 amide bonds. The van der Waals surface area contributed by atoms with Gasteiger partial charge in [-0.25, -0.2) is 4.98 Å². The van der Waals surface area contributed by atoms with Gasteiger partial charge in [0.1, 0.15) is 5.76 Å². The first-order chi connectivity index (χ1) is 7.70. The zero-order valence-electron chi connectivity index (χ0n) is 9.28. The average Bonchev–Trinajstić information content (AvgIpc) is 2.73. The maximum atomic E-state index is 11.8. The fraction of sp³-hybridized carbons (Fsp3) is 0.636. The molecule has 1 unspecified atom stereocenters. The van der Waals surface area contributed by atoms with E-state index in [1.54, 1.807) is 11.1 Å². The van der Waals surface area contributed by atoms with Gasteiger partial charge in [-0.2, -0.15) is 0 Å². The van der Waals surface area contributed by atoms with Crippen LogP contribution in [0.5, 0.6) is 0 Å². The van der Waals surface area contributed by atoms with Crippen molar-refractivity contribution in [2.24, 2.45) is 0 Å². The van der Waals surface area contributed by atoms with Crippen molar-refractivity contribution in [3.63, 3.8) is 0 Å². The molecule has 0 aliphatic carbocycles. The van der Waals surface area contributed by atoms with Crippen LogP contribution in [-0.4, -0.2) is 27.2 Å². The van der Waals surface area contributed by atoms with E-state index in [1.807, 2.05) is 6.92 Å². The molecule has 0 saturated carbocycles. The summed E-state index contributed by atoms with van der Waals surface area (Å²) in [5.74, 6) is 1.64. The first kappa shape index (κ1) is 11.6. The van der Waals surface area contributed by atoms with Crippen molar-refractivity contribution >= 4 is 21.8 Å². The van der Waals surface area contributed by atoms with Crippen LogP contribution < -0.4 is 0 Å². The van der Waals surface area contributed by atoms with E-state index < -0.39 is 0 Å². The summed E-state index contributed by atoms with van der Waals surface area (Å²) in [6.45, 7) is 3.30. The summed E-state index contributed by atoms with van der Waals surface area (Å²) in [4.78, 5) is 17.7. The molecule has 1 aliphatic heterocycles. The number of rotatable bonds is 3. The van der Waals surface area contributed by atoms with E-state index in [1.165, 1.54) is 0 Å². The fourth-order valence-corrected chi connectivity index (χ4v) is 2.41. The molecule has 0 N–H and O–H groups in total. The van der Waals surface area contributed by atoms with E-state index in [-0.39, 0.29) is 10.7 Å². The van der Waals surface area contributed by atoms with Gasteiger partial charge in [0.05, 0.1) is 17.6 Å². The standard InChI is InChI=1S/C11H15BrN2O2/c1-2-8-6-13-10(16-8)7-14-5-3-4-9(12)11(14)15/h6,9H,2-5,7H2,1H3. The van der Waals surface area contributed by atoms with Gasteiger partial charge in [-0.3, -0.25) is 4.79 Å². The van der Waals surface area contributed by atoms with E-state index in [0.717, 1.165) is 31.6 Å². The average molecular weight is 287 g/mol. The molecule has 2 heterocycles. The smallest absolute Gasteiger partial charge is 0.236 e. The quantitative estimate of drug-likeness (QED) is 0.800. The lowest BCUT2D eigenvalue weighted by Crippen LogP contribution is -2.41. The number of amides is 1. The maximum absolute atomic E-state index is 11.8. The first-order valence-electron chi connectivity index (χ1n) is 5.57. The van der Waals surface area contributed by atoms with Crippen LogP contribution in [0, 0.1) is 0 Å². The van der Waals surface area contributed by atoms with Crippen LogP contribution in [0.1, 0.15) is 31.4 Å². The lowest BCUT2D eigenvalue weighted by atomic mass is 10.1. The van der Waals surface area contributed by atoms with Gasteiger partial charge in [0.25, 0.3) is 0 Å². The number of nitrogens with zero attached hydrogens (tertiary/aromatic N) is 2. The van der Waals surface area contributed by atoms with Gasteiger partial charge in [0.15, 0.2) is 0 Å². The molecule has 1 atom stereocenters. The molecule has 4 nitrogen and oxygen atoms in total. The lowest BCUT2D eigenvalue weighted by molar-refractivity contribution is -0.133. The molecule has 1 saturated heterocycles. The maximum Gasteiger partial charge on any atom is 0.236 e. The number of hydrogen-bond acceptors (Lipinski definition) is 3. The topological polar surface area (TPSA) is 46.3 Å². The minimum absolute atomic E-state index is 0.0399. The molecule has 1 aliphatic rings. The zero-order valence-corrected chi connectivity index (χ0v) is 10.9. The Kier molecular flexibility index (Phi) is 3.63. The van der Waals surface area contributed by atoms with Crippen molar-refractivity contribution < 1.29 is 9.21 Å². The Hall–Kier alpha value is -0.840. The number of likely N-dealkylation sites (tertiary alicyclic amines) is 1. The number of aryl methyl sites for hydroxylation is 1. The molecular weight excluding hydrogens is 272 g/mol. The van der Waals surface area contributed by atoms with Crippen LogP contribution in [0.25, 0.3) is 0 Å². The SMILES string of the molecule is CCc1cnc(CN2CCCC(Br)C2=O)o1. The molecule has 5 heteroatoms. The molecule has 88 valence electrons. The molecule has 1 aromatic rings. The van der Waals surface area contributed by atoms with Crippen molar-refractivity contribution in [3.05, 3.63) is 17.8 Å². The van der Waals surface area contributed by atoms with E-state index in [0.29, 0.717) is 12.4 Å². The minimum Gasteiger partial charge on any atom is -0.444 e. The van der Waals surface area contributed by atoms with E-state index in [9.17, 15) is 4.79 Å². The normalized spacial score (nSPS) is 21.5. The Morgan fingerprint density at radius 3 is 3.19 bits per heavy atom. The number of hydrogen-bond donors (Lipinski definition) is 0. The Balaban J connectivity index is 2.00. The van der Waals surface area contributed by atoms with Gasteiger partial charge in [-0.05, 0) is 12.8 Å². The molecule has 2 rings (SSSR count). The van der Waals surface area contributed by atoms with Gasteiger partial charge < -0.3 is 9.32 Å². The number of carbonyl (C=O) groups is 1. The molecule has 1 aromatic heterocycles. The van der Waals surface area contributed by atoms with Crippen LogP contribution in [0.3, 0.4) is 0 Å². The molecule has 1 fully saturated rings. The van der Waals surface area contributed by atoms with E-state index in [2.05, 4.69) is 20.9 Å². The highest BCUT2D eigenvalue weighted by molar-refractivity contribution is 9.10. The molecular formula is C11H15BrN2O2. The highest BCUT2D eigenvalue weighted by Crippen LogP contribution is 2.20. The third kappa shape index (κ3) is 2.45. The van der Waals surface area contributed by atoms with Gasteiger partial charge >= 0.3 is 0 Å². The van der Waals surface area contributed by atoms with E-state index >= 15 is 0 Å². The molecule has 0 aromatic carbocycles. The highest BCUT2D eigenvalue weighted by Gasteiger charge is 2.27. The molecule has 16 heavy (non-hydrogen) atoms. The summed E-state index contributed by atoms with van der Waals surface area (Å²) in [7, 11) is 0. The van der Waals surface area contributed by atoms with Crippen molar-refractivity contribution in [2.75, 3.05) is 6.54 Å². The van der Waals surface area contributed by atoms with Crippen LogP contribution in [-0.2, 0) is 17.8 Å².